The van der Waals surface area contributed by atoms with Gasteiger partial charge in [-0.1, -0.05) is 64.3 Å². The minimum absolute atomic E-state index is 0.0453. The molecule has 0 radical (unpaired) electrons. The predicted octanol–water partition coefficient (Wildman–Crippen LogP) is 5.28. The number of aromatic amines is 1. The predicted molar refractivity (Wildman–Crippen MR) is 98.7 cm³/mol. The molecule has 2 aromatic rings. The van der Waals surface area contributed by atoms with Crippen LogP contribution in [-0.2, 0) is 6.61 Å². The third kappa shape index (κ3) is 3.56. The fraction of sp³-hybridized carbons (Fsp3) is 0.571. The molecule has 1 aromatic heterocycles. The Balaban J connectivity index is 1.94. The highest BCUT2D eigenvalue weighted by atomic mass is 16.3. The Labute approximate surface area is 145 Å². The Morgan fingerprint density at radius 2 is 1.88 bits per heavy atom. The summed E-state index contributed by atoms with van der Waals surface area (Å²) in [5, 5.41) is 9.59. The van der Waals surface area contributed by atoms with Crippen LogP contribution >= 0.6 is 0 Å². The van der Waals surface area contributed by atoms with Crippen LogP contribution in [0.1, 0.15) is 70.2 Å². The first-order valence-electron chi connectivity index (χ1n) is 9.25. The molecule has 1 heterocycles. The molecule has 0 saturated heterocycles. The number of hydrogen-bond acceptors (Lipinski definition) is 2. The smallest absolute Gasteiger partial charge is 0.110 e. The molecule has 1 aliphatic rings. The largest absolute Gasteiger partial charge is 0.392 e. The zero-order valence-corrected chi connectivity index (χ0v) is 15.2. The third-order valence-electron chi connectivity index (χ3n) is 5.41. The summed E-state index contributed by atoms with van der Waals surface area (Å²) in [5.74, 6) is 2.27. The maximum atomic E-state index is 9.59. The average molecular weight is 326 g/mol. The molecular weight excluding hydrogens is 296 g/mol. The molecule has 3 heteroatoms. The molecule has 2 N–H and O–H groups in total. The maximum absolute atomic E-state index is 9.59. The summed E-state index contributed by atoms with van der Waals surface area (Å²) in [6.07, 6.45) is 8.69. The molecule has 1 atom stereocenters. The van der Waals surface area contributed by atoms with Crippen molar-refractivity contribution in [1.82, 2.24) is 9.97 Å². The Morgan fingerprint density at radius 3 is 2.54 bits per heavy atom. The van der Waals surface area contributed by atoms with Crippen LogP contribution < -0.4 is 0 Å². The molecule has 0 spiro atoms. The number of aliphatic hydroxyl groups excluding tert-OH is 1. The molecular formula is C21H30N2O. The van der Waals surface area contributed by atoms with Crippen molar-refractivity contribution in [1.29, 1.82) is 0 Å². The van der Waals surface area contributed by atoms with Crippen LogP contribution in [0.3, 0.4) is 0 Å². The summed E-state index contributed by atoms with van der Waals surface area (Å²) >= 11 is 0. The molecule has 24 heavy (non-hydrogen) atoms. The first-order chi connectivity index (χ1) is 11.5. The van der Waals surface area contributed by atoms with Crippen LogP contribution in [0, 0.1) is 11.3 Å². The zero-order valence-electron chi connectivity index (χ0n) is 15.2. The highest BCUT2D eigenvalue weighted by Gasteiger charge is 2.36. The molecule has 1 aromatic carbocycles. The number of aromatic nitrogens is 2. The second kappa shape index (κ2) is 7.10. The molecule has 0 bridgehead atoms. The molecule has 1 aliphatic carbocycles. The van der Waals surface area contributed by atoms with E-state index in [2.05, 4.69) is 25.8 Å². The van der Waals surface area contributed by atoms with Crippen LogP contribution in [0.15, 0.2) is 30.5 Å². The van der Waals surface area contributed by atoms with Crippen LogP contribution in [0.2, 0.25) is 0 Å². The van der Waals surface area contributed by atoms with Gasteiger partial charge in [0.15, 0.2) is 0 Å². The second-order valence-electron chi connectivity index (χ2n) is 8.23. The lowest BCUT2D eigenvalue weighted by atomic mass is 9.68. The standard InChI is InChI=1S/C21H30N2O/c1-21(2,3)19(15-9-5-4-6-10-15)20-22-13-18(23-20)17-12-8-7-11-16(17)14-24/h7-8,11-13,15,19,24H,4-6,9-10,14H2,1-3H3,(H,22,23). The van der Waals surface area contributed by atoms with Gasteiger partial charge in [-0.3, -0.25) is 0 Å². The highest BCUT2D eigenvalue weighted by Crippen LogP contribution is 2.45. The number of nitrogens with zero attached hydrogens (tertiary/aromatic N) is 1. The third-order valence-corrected chi connectivity index (χ3v) is 5.41. The van der Waals surface area contributed by atoms with E-state index in [0.717, 1.165) is 22.6 Å². The molecule has 1 fully saturated rings. The number of imidazole rings is 1. The van der Waals surface area contributed by atoms with Crippen molar-refractivity contribution >= 4 is 0 Å². The van der Waals surface area contributed by atoms with E-state index in [-0.39, 0.29) is 12.0 Å². The number of aliphatic hydroxyl groups is 1. The van der Waals surface area contributed by atoms with Gasteiger partial charge in [0, 0.05) is 17.7 Å². The summed E-state index contributed by atoms with van der Waals surface area (Å²) in [7, 11) is 0. The first-order valence-corrected chi connectivity index (χ1v) is 9.25. The minimum atomic E-state index is 0.0453. The number of hydrogen-bond donors (Lipinski definition) is 2. The second-order valence-corrected chi connectivity index (χ2v) is 8.23. The van der Waals surface area contributed by atoms with E-state index in [1.165, 1.54) is 32.1 Å². The van der Waals surface area contributed by atoms with E-state index in [9.17, 15) is 5.11 Å². The van der Waals surface area contributed by atoms with Crippen molar-refractivity contribution < 1.29 is 5.11 Å². The molecule has 0 aliphatic heterocycles. The Hall–Kier alpha value is -1.61. The zero-order chi connectivity index (χ0) is 17.2. The fourth-order valence-corrected chi connectivity index (χ4v) is 4.35. The van der Waals surface area contributed by atoms with Crippen LogP contribution in [-0.4, -0.2) is 15.1 Å². The van der Waals surface area contributed by atoms with Gasteiger partial charge in [-0.15, -0.1) is 0 Å². The van der Waals surface area contributed by atoms with Gasteiger partial charge in [0.1, 0.15) is 5.82 Å². The molecule has 3 nitrogen and oxygen atoms in total. The van der Waals surface area contributed by atoms with Gasteiger partial charge in [0.2, 0.25) is 0 Å². The van der Waals surface area contributed by atoms with E-state index in [1.807, 2.05) is 30.5 Å². The Morgan fingerprint density at radius 1 is 1.17 bits per heavy atom. The van der Waals surface area contributed by atoms with Crippen molar-refractivity contribution in [2.45, 2.75) is 65.4 Å². The van der Waals surface area contributed by atoms with Gasteiger partial charge < -0.3 is 10.1 Å². The lowest BCUT2D eigenvalue weighted by Crippen LogP contribution is -2.28. The van der Waals surface area contributed by atoms with Gasteiger partial charge in [-0.05, 0) is 29.7 Å². The monoisotopic (exact) mass is 326 g/mol. The lowest BCUT2D eigenvalue weighted by Gasteiger charge is -2.37. The highest BCUT2D eigenvalue weighted by molar-refractivity contribution is 5.63. The lowest BCUT2D eigenvalue weighted by molar-refractivity contribution is 0.184. The SMILES string of the molecule is CC(C)(C)C(c1nc(-c2ccccc2CO)c[nH]1)C1CCCCC1. The van der Waals surface area contributed by atoms with Gasteiger partial charge >= 0.3 is 0 Å². The number of H-pyrrole nitrogens is 1. The van der Waals surface area contributed by atoms with Gasteiger partial charge in [0.05, 0.1) is 12.3 Å². The van der Waals surface area contributed by atoms with Crippen molar-refractivity contribution in [3.63, 3.8) is 0 Å². The number of benzene rings is 1. The van der Waals surface area contributed by atoms with Crippen LogP contribution in [0.5, 0.6) is 0 Å². The van der Waals surface area contributed by atoms with E-state index >= 15 is 0 Å². The van der Waals surface area contributed by atoms with E-state index in [4.69, 9.17) is 4.98 Å². The Kier molecular flexibility index (Phi) is 5.09. The minimum Gasteiger partial charge on any atom is -0.392 e. The average Bonchev–Trinajstić information content (AvgIpc) is 3.03. The van der Waals surface area contributed by atoms with Crippen LogP contribution in [0.25, 0.3) is 11.3 Å². The topological polar surface area (TPSA) is 48.9 Å². The molecule has 1 saturated carbocycles. The quantitative estimate of drug-likeness (QED) is 0.803. The van der Waals surface area contributed by atoms with Crippen molar-refractivity contribution in [3.05, 3.63) is 41.9 Å². The van der Waals surface area contributed by atoms with Gasteiger partial charge in [0.25, 0.3) is 0 Å². The summed E-state index contributed by atoms with van der Waals surface area (Å²) in [5.41, 5.74) is 3.09. The van der Waals surface area contributed by atoms with Crippen molar-refractivity contribution in [2.75, 3.05) is 0 Å². The summed E-state index contributed by atoms with van der Waals surface area (Å²) in [4.78, 5) is 8.43. The maximum Gasteiger partial charge on any atom is 0.110 e. The molecule has 1 unspecified atom stereocenters. The van der Waals surface area contributed by atoms with E-state index < -0.39 is 0 Å². The van der Waals surface area contributed by atoms with Gasteiger partial charge in [-0.2, -0.15) is 0 Å². The van der Waals surface area contributed by atoms with E-state index in [1.54, 1.807) is 0 Å². The normalized spacial score (nSPS) is 17.8. The van der Waals surface area contributed by atoms with Crippen LogP contribution in [0.4, 0.5) is 0 Å². The van der Waals surface area contributed by atoms with Gasteiger partial charge in [-0.25, -0.2) is 4.98 Å². The summed E-state index contributed by atoms with van der Waals surface area (Å²) < 4.78 is 0. The molecule has 0 amide bonds. The van der Waals surface area contributed by atoms with Crippen molar-refractivity contribution in [3.8, 4) is 11.3 Å². The first kappa shape index (κ1) is 17.2. The number of nitrogens with one attached hydrogen (secondary N) is 1. The molecule has 3 rings (SSSR count). The Bertz CT molecular complexity index is 662. The summed E-state index contributed by atoms with van der Waals surface area (Å²) in [6.45, 7) is 7.03. The fourth-order valence-electron chi connectivity index (χ4n) is 4.35. The summed E-state index contributed by atoms with van der Waals surface area (Å²) in [6, 6.07) is 7.97. The number of rotatable bonds is 4. The van der Waals surface area contributed by atoms with E-state index in [0.29, 0.717) is 11.8 Å². The van der Waals surface area contributed by atoms with Crippen molar-refractivity contribution in [2.24, 2.45) is 11.3 Å². The molecule has 130 valence electrons.